The molecule has 5 heteroatoms. The van der Waals surface area contributed by atoms with Crippen LogP contribution < -0.4 is 0 Å². The van der Waals surface area contributed by atoms with Crippen molar-refractivity contribution in [1.82, 2.24) is 19.6 Å². The van der Waals surface area contributed by atoms with Crippen LogP contribution in [0.3, 0.4) is 0 Å². The Morgan fingerprint density at radius 3 is 2.89 bits per heavy atom. The summed E-state index contributed by atoms with van der Waals surface area (Å²) < 4.78 is 1.76. The summed E-state index contributed by atoms with van der Waals surface area (Å²) in [6.07, 6.45) is 4.91. The van der Waals surface area contributed by atoms with Crippen LogP contribution in [0.5, 0.6) is 0 Å². The minimum absolute atomic E-state index is 0.0186. The van der Waals surface area contributed by atoms with Crippen molar-refractivity contribution >= 4 is 11.6 Å². The van der Waals surface area contributed by atoms with Crippen molar-refractivity contribution in [1.29, 1.82) is 0 Å². The van der Waals surface area contributed by atoms with Gasteiger partial charge in [0, 0.05) is 19.0 Å². The second-order valence-electron chi connectivity index (χ2n) is 6.05. The molecule has 0 radical (unpaired) electrons. The molecule has 2 aromatic rings. The molecule has 0 N–H and O–H groups in total. The molecule has 2 aromatic heterocycles. The van der Waals surface area contributed by atoms with Crippen molar-refractivity contribution < 1.29 is 4.79 Å². The Morgan fingerprint density at radius 2 is 2.16 bits per heavy atom. The van der Waals surface area contributed by atoms with Crippen molar-refractivity contribution in [3.8, 4) is 0 Å². The first kappa shape index (κ1) is 12.3. The molecule has 0 aromatic carbocycles. The quantitative estimate of drug-likeness (QED) is 0.828. The average molecular weight is 258 g/mol. The molecule has 0 fully saturated rings. The standard InChI is InChI=1S/C14H18N4O/c1-4-5-12-16-13-15-8-9-10(18(13)17-12)6-14(2,3)7-11(9)19/h8H,4-7H2,1-3H3. The number of aryl methyl sites for hydroxylation is 1. The molecule has 1 aliphatic carbocycles. The summed E-state index contributed by atoms with van der Waals surface area (Å²) in [5, 5.41) is 4.51. The number of Topliss-reactive ketones (excluding diaryl/α,β-unsaturated/α-hetero) is 1. The molecule has 0 bridgehead atoms. The molecule has 3 rings (SSSR count). The van der Waals surface area contributed by atoms with E-state index in [9.17, 15) is 4.79 Å². The van der Waals surface area contributed by atoms with Gasteiger partial charge in [-0.2, -0.15) is 4.98 Å². The lowest BCUT2D eigenvalue weighted by Gasteiger charge is -2.29. The van der Waals surface area contributed by atoms with Crippen LogP contribution in [-0.2, 0) is 12.8 Å². The van der Waals surface area contributed by atoms with Gasteiger partial charge in [0.2, 0.25) is 0 Å². The highest BCUT2D eigenvalue weighted by Gasteiger charge is 2.33. The van der Waals surface area contributed by atoms with Crippen LogP contribution in [0.4, 0.5) is 0 Å². The van der Waals surface area contributed by atoms with Gasteiger partial charge >= 0.3 is 0 Å². The van der Waals surface area contributed by atoms with E-state index < -0.39 is 0 Å². The van der Waals surface area contributed by atoms with E-state index in [1.54, 1.807) is 10.7 Å². The summed E-state index contributed by atoms with van der Waals surface area (Å²) in [5.74, 6) is 1.57. The van der Waals surface area contributed by atoms with Gasteiger partial charge < -0.3 is 0 Å². The molecule has 0 amide bonds. The number of rotatable bonds is 2. The molecule has 5 nitrogen and oxygen atoms in total. The van der Waals surface area contributed by atoms with E-state index in [1.165, 1.54) is 0 Å². The molecule has 2 heterocycles. The summed E-state index contributed by atoms with van der Waals surface area (Å²) in [6.45, 7) is 6.33. The first-order valence-electron chi connectivity index (χ1n) is 6.77. The third kappa shape index (κ3) is 2.03. The molecule has 0 unspecified atom stereocenters. The van der Waals surface area contributed by atoms with E-state index >= 15 is 0 Å². The lowest BCUT2D eigenvalue weighted by Crippen LogP contribution is -2.29. The Balaban J connectivity index is 2.19. The van der Waals surface area contributed by atoms with E-state index in [0.29, 0.717) is 17.8 Å². The van der Waals surface area contributed by atoms with Gasteiger partial charge in [-0.25, -0.2) is 9.50 Å². The van der Waals surface area contributed by atoms with Gasteiger partial charge in [-0.15, -0.1) is 5.10 Å². The largest absolute Gasteiger partial charge is 0.294 e. The van der Waals surface area contributed by atoms with Crippen molar-refractivity contribution in [2.24, 2.45) is 5.41 Å². The molecule has 0 aliphatic heterocycles. The highest BCUT2D eigenvalue weighted by atomic mass is 16.1. The van der Waals surface area contributed by atoms with Crippen molar-refractivity contribution in [2.75, 3.05) is 0 Å². The molecule has 0 atom stereocenters. The molecule has 100 valence electrons. The van der Waals surface area contributed by atoms with Gasteiger partial charge in [0.05, 0.1) is 11.3 Å². The van der Waals surface area contributed by atoms with Crippen LogP contribution in [0.15, 0.2) is 6.20 Å². The maximum Gasteiger partial charge on any atom is 0.252 e. The third-order valence-corrected chi connectivity index (χ3v) is 3.57. The number of hydrogen-bond acceptors (Lipinski definition) is 4. The van der Waals surface area contributed by atoms with E-state index in [1.807, 2.05) is 0 Å². The fourth-order valence-electron chi connectivity index (χ4n) is 2.70. The zero-order valence-electron chi connectivity index (χ0n) is 11.6. The Kier molecular flexibility index (Phi) is 2.66. The fourth-order valence-corrected chi connectivity index (χ4v) is 2.70. The Bertz CT molecular complexity index is 657. The fraction of sp³-hybridized carbons (Fsp3) is 0.571. The van der Waals surface area contributed by atoms with Gasteiger partial charge in [-0.1, -0.05) is 20.8 Å². The SMILES string of the molecule is CCCc1nc2ncc3c(n2n1)CC(C)(C)CC3=O. The summed E-state index contributed by atoms with van der Waals surface area (Å²) in [7, 11) is 0. The number of carbonyl (C=O) groups is 1. The Hall–Kier alpha value is -1.78. The second-order valence-corrected chi connectivity index (χ2v) is 6.05. The van der Waals surface area contributed by atoms with Crippen LogP contribution in [0, 0.1) is 5.41 Å². The minimum Gasteiger partial charge on any atom is -0.294 e. The van der Waals surface area contributed by atoms with Crippen LogP contribution in [0.1, 0.15) is 55.5 Å². The molecule has 0 saturated heterocycles. The number of nitrogens with zero attached hydrogens (tertiary/aromatic N) is 4. The minimum atomic E-state index is -0.0186. The molecular weight excluding hydrogens is 240 g/mol. The lowest BCUT2D eigenvalue weighted by molar-refractivity contribution is 0.0908. The molecule has 0 spiro atoms. The van der Waals surface area contributed by atoms with Gasteiger partial charge in [0.1, 0.15) is 0 Å². The molecule has 0 saturated carbocycles. The maximum atomic E-state index is 12.2. The Morgan fingerprint density at radius 1 is 1.37 bits per heavy atom. The number of carbonyl (C=O) groups excluding carboxylic acids is 1. The highest BCUT2D eigenvalue weighted by Crippen LogP contribution is 2.34. The van der Waals surface area contributed by atoms with E-state index in [0.717, 1.165) is 30.8 Å². The number of hydrogen-bond donors (Lipinski definition) is 0. The topological polar surface area (TPSA) is 60.1 Å². The van der Waals surface area contributed by atoms with E-state index in [4.69, 9.17) is 0 Å². The van der Waals surface area contributed by atoms with Gasteiger partial charge in [0.15, 0.2) is 11.6 Å². The maximum absolute atomic E-state index is 12.2. The van der Waals surface area contributed by atoms with Gasteiger partial charge in [0.25, 0.3) is 5.78 Å². The van der Waals surface area contributed by atoms with Crippen LogP contribution >= 0.6 is 0 Å². The lowest BCUT2D eigenvalue weighted by atomic mass is 9.76. The molecule has 19 heavy (non-hydrogen) atoms. The molecule has 1 aliphatic rings. The number of ketones is 1. The first-order valence-corrected chi connectivity index (χ1v) is 6.77. The van der Waals surface area contributed by atoms with Crippen molar-refractivity contribution in [3.05, 3.63) is 23.3 Å². The summed E-state index contributed by atoms with van der Waals surface area (Å²) in [6, 6.07) is 0. The summed E-state index contributed by atoms with van der Waals surface area (Å²) >= 11 is 0. The van der Waals surface area contributed by atoms with Gasteiger partial charge in [-0.05, 0) is 18.3 Å². The van der Waals surface area contributed by atoms with Crippen molar-refractivity contribution in [3.63, 3.8) is 0 Å². The van der Waals surface area contributed by atoms with E-state index in [2.05, 4.69) is 35.8 Å². The second kappa shape index (κ2) is 4.11. The zero-order valence-corrected chi connectivity index (χ0v) is 11.6. The summed E-state index contributed by atoms with van der Waals surface area (Å²) in [5.41, 5.74) is 1.65. The van der Waals surface area contributed by atoms with Crippen LogP contribution in [0.2, 0.25) is 0 Å². The predicted octanol–water partition coefficient (Wildman–Crippen LogP) is 2.23. The zero-order chi connectivity index (χ0) is 13.6. The van der Waals surface area contributed by atoms with Crippen LogP contribution in [0.25, 0.3) is 5.78 Å². The third-order valence-electron chi connectivity index (χ3n) is 3.57. The number of aromatic nitrogens is 4. The highest BCUT2D eigenvalue weighted by molar-refractivity contribution is 5.98. The van der Waals surface area contributed by atoms with Gasteiger partial charge in [-0.3, -0.25) is 4.79 Å². The summed E-state index contributed by atoms with van der Waals surface area (Å²) in [4.78, 5) is 20.9. The number of fused-ring (bicyclic) bond motifs is 3. The predicted molar refractivity (Wildman–Crippen MR) is 71.2 cm³/mol. The average Bonchev–Trinajstić information content (AvgIpc) is 2.71. The monoisotopic (exact) mass is 258 g/mol. The first-order chi connectivity index (χ1) is 9.00. The van der Waals surface area contributed by atoms with E-state index in [-0.39, 0.29) is 11.2 Å². The smallest absolute Gasteiger partial charge is 0.252 e. The Labute approximate surface area is 112 Å². The molecular formula is C14H18N4O. The normalized spacial score (nSPS) is 17.7. The van der Waals surface area contributed by atoms with Crippen LogP contribution in [-0.4, -0.2) is 25.4 Å². The van der Waals surface area contributed by atoms with Crippen molar-refractivity contribution in [2.45, 2.75) is 46.5 Å².